The van der Waals surface area contributed by atoms with Crippen LogP contribution >= 0.6 is 15.9 Å². The van der Waals surface area contributed by atoms with E-state index >= 15 is 0 Å². The van der Waals surface area contributed by atoms with Crippen LogP contribution in [-0.4, -0.2) is 46.5 Å². The Morgan fingerprint density at radius 2 is 2.00 bits per heavy atom. The van der Waals surface area contributed by atoms with Crippen molar-refractivity contribution in [2.75, 3.05) is 13.2 Å². The van der Waals surface area contributed by atoms with Crippen LogP contribution in [0.2, 0.25) is 0 Å². The highest BCUT2D eigenvalue weighted by Gasteiger charge is 2.21. The first-order valence-corrected chi connectivity index (χ1v) is 10.4. The highest BCUT2D eigenvalue weighted by molar-refractivity contribution is 9.10. The van der Waals surface area contributed by atoms with Gasteiger partial charge < -0.3 is 20.5 Å². The minimum absolute atomic E-state index is 0.0277. The molecule has 29 heavy (non-hydrogen) atoms. The van der Waals surface area contributed by atoms with Crippen molar-refractivity contribution in [1.29, 1.82) is 0 Å². The number of hydrogen-bond acceptors (Lipinski definition) is 6. The van der Waals surface area contributed by atoms with Gasteiger partial charge in [0, 0.05) is 11.6 Å². The smallest absolute Gasteiger partial charge is 0.271 e. The van der Waals surface area contributed by atoms with Gasteiger partial charge in [-0.05, 0) is 47.8 Å². The molecule has 0 bridgehead atoms. The van der Waals surface area contributed by atoms with Gasteiger partial charge in [-0.1, -0.05) is 19.3 Å². The fourth-order valence-electron chi connectivity index (χ4n) is 3.37. The summed E-state index contributed by atoms with van der Waals surface area (Å²) >= 11 is 3.45. The number of halogens is 1. The Hall–Kier alpha value is -2.62. The van der Waals surface area contributed by atoms with Gasteiger partial charge in [0.2, 0.25) is 0 Å². The first-order chi connectivity index (χ1) is 14.0. The molecule has 0 aliphatic heterocycles. The van der Waals surface area contributed by atoms with Crippen LogP contribution in [0.1, 0.15) is 49.5 Å². The molecule has 0 saturated heterocycles. The number of amides is 2. The lowest BCUT2D eigenvalue weighted by Gasteiger charge is -2.23. The predicted molar refractivity (Wildman–Crippen MR) is 110 cm³/mol. The molecule has 2 aromatic rings. The largest absolute Gasteiger partial charge is 0.490 e. The van der Waals surface area contributed by atoms with Crippen LogP contribution in [0.25, 0.3) is 11.3 Å². The van der Waals surface area contributed by atoms with E-state index in [2.05, 4.69) is 36.7 Å². The molecule has 0 spiro atoms. The third-order valence-corrected chi connectivity index (χ3v) is 5.27. The summed E-state index contributed by atoms with van der Waals surface area (Å²) in [5, 5.41) is 13.2. The average molecular weight is 466 g/mol. The molecule has 0 unspecified atom stereocenters. The van der Waals surface area contributed by atoms with Crippen molar-refractivity contribution in [3.8, 4) is 22.8 Å². The summed E-state index contributed by atoms with van der Waals surface area (Å²) in [6.07, 6.45) is 5.52. The van der Waals surface area contributed by atoms with Crippen LogP contribution in [0.5, 0.6) is 11.5 Å². The zero-order valence-electron chi connectivity index (χ0n) is 16.2. The van der Waals surface area contributed by atoms with Crippen LogP contribution < -0.4 is 20.5 Å². The van der Waals surface area contributed by atoms with Crippen molar-refractivity contribution in [2.24, 2.45) is 5.73 Å². The molecule has 10 heteroatoms. The van der Waals surface area contributed by atoms with Gasteiger partial charge in [-0.15, -0.1) is 0 Å². The second kappa shape index (κ2) is 9.73. The van der Waals surface area contributed by atoms with E-state index in [4.69, 9.17) is 15.2 Å². The number of nitrogens with zero attached hydrogens (tertiary/aromatic N) is 2. The highest BCUT2D eigenvalue weighted by Crippen LogP contribution is 2.40. The molecule has 1 fully saturated rings. The van der Waals surface area contributed by atoms with Crippen LogP contribution in [0.3, 0.4) is 0 Å². The SMILES string of the molecule is CCOc1cc(-c2n[nH]nc2C(N)=O)cc(Br)c1OCC(=O)NC1CCCCC1. The van der Waals surface area contributed by atoms with E-state index in [-0.39, 0.29) is 24.2 Å². The normalized spacial score (nSPS) is 14.4. The Morgan fingerprint density at radius 3 is 2.69 bits per heavy atom. The van der Waals surface area contributed by atoms with Crippen molar-refractivity contribution in [2.45, 2.75) is 45.1 Å². The molecule has 1 saturated carbocycles. The second-order valence-corrected chi connectivity index (χ2v) is 7.65. The lowest BCUT2D eigenvalue weighted by Crippen LogP contribution is -2.39. The summed E-state index contributed by atoms with van der Waals surface area (Å²) in [6.45, 7) is 2.11. The van der Waals surface area contributed by atoms with Crippen LogP contribution in [0, 0.1) is 0 Å². The van der Waals surface area contributed by atoms with E-state index in [1.54, 1.807) is 12.1 Å². The number of benzene rings is 1. The van der Waals surface area contributed by atoms with Gasteiger partial charge in [0.1, 0.15) is 5.69 Å². The molecular weight excluding hydrogens is 442 g/mol. The number of nitrogens with two attached hydrogens (primary N) is 1. The molecule has 3 rings (SSSR count). The van der Waals surface area contributed by atoms with Gasteiger partial charge in [-0.3, -0.25) is 9.59 Å². The average Bonchev–Trinajstić information content (AvgIpc) is 3.18. The zero-order valence-corrected chi connectivity index (χ0v) is 17.8. The highest BCUT2D eigenvalue weighted by atomic mass is 79.9. The number of hydrogen-bond donors (Lipinski definition) is 3. The van der Waals surface area contributed by atoms with E-state index in [1.807, 2.05) is 6.92 Å². The first-order valence-electron chi connectivity index (χ1n) is 9.59. The van der Waals surface area contributed by atoms with Crippen LogP contribution in [-0.2, 0) is 4.79 Å². The van der Waals surface area contributed by atoms with Gasteiger partial charge >= 0.3 is 0 Å². The summed E-state index contributed by atoms with van der Waals surface area (Å²) in [6, 6.07) is 3.60. The van der Waals surface area contributed by atoms with E-state index < -0.39 is 5.91 Å². The fraction of sp³-hybridized carbons (Fsp3) is 0.474. The Labute approximate surface area is 176 Å². The molecule has 0 atom stereocenters. The summed E-state index contributed by atoms with van der Waals surface area (Å²) in [7, 11) is 0. The number of carbonyl (C=O) groups is 2. The molecule has 1 heterocycles. The molecule has 9 nitrogen and oxygen atoms in total. The Kier molecular flexibility index (Phi) is 7.08. The maximum Gasteiger partial charge on any atom is 0.271 e. The topological polar surface area (TPSA) is 132 Å². The number of nitrogens with one attached hydrogen (secondary N) is 2. The molecular formula is C19H24BrN5O4. The molecule has 2 amide bonds. The summed E-state index contributed by atoms with van der Waals surface area (Å²) < 4.78 is 12.0. The minimum atomic E-state index is -0.692. The van der Waals surface area contributed by atoms with Gasteiger partial charge in [0.05, 0.1) is 11.1 Å². The number of primary amides is 1. The molecule has 1 aromatic heterocycles. The first kappa shape index (κ1) is 21.1. The predicted octanol–water partition coefficient (Wildman–Crippen LogP) is 2.56. The molecule has 4 N–H and O–H groups in total. The van der Waals surface area contributed by atoms with Crippen LogP contribution in [0.15, 0.2) is 16.6 Å². The minimum Gasteiger partial charge on any atom is -0.490 e. The van der Waals surface area contributed by atoms with Gasteiger partial charge in [-0.2, -0.15) is 15.4 Å². The monoisotopic (exact) mass is 465 g/mol. The second-order valence-electron chi connectivity index (χ2n) is 6.79. The van der Waals surface area contributed by atoms with Crippen molar-refractivity contribution < 1.29 is 19.1 Å². The number of carbonyl (C=O) groups excluding carboxylic acids is 2. The molecule has 1 aromatic carbocycles. The summed E-state index contributed by atoms with van der Waals surface area (Å²) in [5.74, 6) is -0.0374. The standard InChI is InChI=1S/C19H24BrN5O4/c1-2-28-14-9-11(16-17(19(21)27)24-25-23-16)8-13(20)18(14)29-10-15(26)22-12-6-4-3-5-7-12/h8-9,12H,2-7,10H2,1H3,(H2,21,27)(H,22,26)(H,23,24,25). The maximum atomic E-state index is 12.3. The van der Waals surface area contributed by atoms with Gasteiger partial charge in [0.15, 0.2) is 23.8 Å². The fourth-order valence-corrected chi connectivity index (χ4v) is 3.92. The summed E-state index contributed by atoms with van der Waals surface area (Å²) in [5.41, 5.74) is 6.25. The Balaban J connectivity index is 1.76. The van der Waals surface area contributed by atoms with E-state index in [0.717, 1.165) is 25.7 Å². The van der Waals surface area contributed by atoms with Gasteiger partial charge in [0.25, 0.3) is 11.8 Å². The van der Waals surface area contributed by atoms with E-state index in [1.165, 1.54) is 6.42 Å². The lowest BCUT2D eigenvalue weighted by atomic mass is 9.95. The van der Waals surface area contributed by atoms with Crippen molar-refractivity contribution >= 4 is 27.7 Å². The van der Waals surface area contributed by atoms with Crippen molar-refractivity contribution in [3.63, 3.8) is 0 Å². The molecule has 0 radical (unpaired) electrons. The maximum absolute atomic E-state index is 12.3. The van der Waals surface area contributed by atoms with Crippen molar-refractivity contribution in [3.05, 3.63) is 22.3 Å². The number of aromatic amines is 1. The number of H-pyrrole nitrogens is 1. The Bertz CT molecular complexity index is 879. The van der Waals surface area contributed by atoms with Crippen LogP contribution in [0.4, 0.5) is 0 Å². The third-order valence-electron chi connectivity index (χ3n) is 4.68. The zero-order chi connectivity index (χ0) is 20.8. The number of ether oxygens (including phenoxy) is 2. The summed E-state index contributed by atoms with van der Waals surface area (Å²) in [4.78, 5) is 23.8. The molecule has 1 aliphatic carbocycles. The third kappa shape index (κ3) is 5.26. The molecule has 156 valence electrons. The van der Waals surface area contributed by atoms with Crippen molar-refractivity contribution in [1.82, 2.24) is 20.7 Å². The van der Waals surface area contributed by atoms with E-state index in [0.29, 0.717) is 33.8 Å². The van der Waals surface area contributed by atoms with E-state index in [9.17, 15) is 9.59 Å². The Morgan fingerprint density at radius 1 is 1.24 bits per heavy atom. The number of rotatable bonds is 8. The molecule has 1 aliphatic rings. The number of aromatic nitrogens is 3. The lowest BCUT2D eigenvalue weighted by molar-refractivity contribution is -0.124. The quantitative estimate of drug-likeness (QED) is 0.548. The van der Waals surface area contributed by atoms with Gasteiger partial charge in [-0.25, -0.2) is 0 Å².